The average Bonchev–Trinajstić information content (AvgIpc) is 3.16. The van der Waals surface area contributed by atoms with Gasteiger partial charge in [0.1, 0.15) is 5.00 Å². The molecule has 1 amide bonds. The number of nitrogens with one attached hydrogen (secondary N) is 1. The molecule has 2 aromatic heterocycles. The van der Waals surface area contributed by atoms with E-state index in [4.69, 9.17) is 4.74 Å². The van der Waals surface area contributed by atoms with Crippen molar-refractivity contribution >= 4 is 40.0 Å². The van der Waals surface area contributed by atoms with E-state index in [2.05, 4.69) is 39.6 Å². The SMILES string of the molecule is CCOC(=O)c1c(NC(=O)CCSc2nc(C)cc(C)n2)sc2c1CCC(c1ccccc1)C2. The van der Waals surface area contributed by atoms with Crippen LogP contribution < -0.4 is 5.32 Å². The van der Waals surface area contributed by atoms with Crippen molar-refractivity contribution in [3.05, 3.63) is 69.4 Å². The Morgan fingerprint density at radius 2 is 1.91 bits per heavy atom. The third-order valence-electron chi connectivity index (χ3n) is 5.79. The van der Waals surface area contributed by atoms with E-state index in [9.17, 15) is 9.59 Å². The first kappa shape index (κ1) is 24.4. The smallest absolute Gasteiger partial charge is 0.341 e. The maximum absolute atomic E-state index is 12.8. The van der Waals surface area contributed by atoms with Gasteiger partial charge in [-0.3, -0.25) is 4.79 Å². The Morgan fingerprint density at radius 1 is 1.18 bits per heavy atom. The van der Waals surface area contributed by atoms with E-state index in [1.807, 2.05) is 26.0 Å². The third kappa shape index (κ3) is 5.85. The molecule has 1 N–H and O–H groups in total. The van der Waals surface area contributed by atoms with E-state index in [1.165, 1.54) is 28.7 Å². The largest absolute Gasteiger partial charge is 0.462 e. The molecule has 6 nitrogen and oxygen atoms in total. The van der Waals surface area contributed by atoms with Crippen LogP contribution in [0.2, 0.25) is 0 Å². The van der Waals surface area contributed by atoms with E-state index in [-0.39, 0.29) is 11.9 Å². The number of thiophene rings is 1. The van der Waals surface area contributed by atoms with Gasteiger partial charge in [0.15, 0.2) is 5.16 Å². The number of hydrogen-bond acceptors (Lipinski definition) is 7. The molecule has 4 rings (SSSR count). The number of nitrogens with zero attached hydrogens (tertiary/aromatic N) is 2. The summed E-state index contributed by atoms with van der Waals surface area (Å²) in [6.45, 7) is 5.97. The van der Waals surface area contributed by atoms with Gasteiger partial charge in [-0.25, -0.2) is 14.8 Å². The number of amides is 1. The van der Waals surface area contributed by atoms with E-state index in [1.54, 1.807) is 6.92 Å². The Labute approximate surface area is 208 Å². The van der Waals surface area contributed by atoms with Gasteiger partial charge >= 0.3 is 5.97 Å². The van der Waals surface area contributed by atoms with Crippen molar-refractivity contribution in [3.63, 3.8) is 0 Å². The first-order chi connectivity index (χ1) is 16.4. The van der Waals surface area contributed by atoms with Crippen LogP contribution in [0, 0.1) is 13.8 Å². The molecule has 0 bridgehead atoms. The number of carbonyl (C=O) groups is 2. The molecule has 1 aromatic carbocycles. The molecule has 1 atom stereocenters. The van der Waals surface area contributed by atoms with Crippen LogP contribution in [0.4, 0.5) is 5.00 Å². The van der Waals surface area contributed by atoms with Gasteiger partial charge in [-0.15, -0.1) is 11.3 Å². The van der Waals surface area contributed by atoms with Gasteiger partial charge in [0.05, 0.1) is 12.2 Å². The average molecular weight is 496 g/mol. The Bertz CT molecular complexity index is 1160. The lowest BCUT2D eigenvalue weighted by Gasteiger charge is -2.23. The fourth-order valence-electron chi connectivity index (χ4n) is 4.29. The van der Waals surface area contributed by atoms with Gasteiger partial charge in [0.2, 0.25) is 5.91 Å². The molecular weight excluding hydrogens is 466 g/mol. The van der Waals surface area contributed by atoms with Crippen LogP contribution in [0.25, 0.3) is 0 Å². The molecule has 0 saturated carbocycles. The lowest BCUT2D eigenvalue weighted by atomic mass is 9.83. The van der Waals surface area contributed by atoms with E-state index >= 15 is 0 Å². The minimum Gasteiger partial charge on any atom is -0.462 e. The van der Waals surface area contributed by atoms with Gasteiger partial charge in [-0.05, 0) is 63.1 Å². The lowest BCUT2D eigenvalue weighted by molar-refractivity contribution is -0.115. The second-order valence-electron chi connectivity index (χ2n) is 8.36. The van der Waals surface area contributed by atoms with Crippen LogP contribution in [0.15, 0.2) is 41.6 Å². The Morgan fingerprint density at radius 3 is 2.62 bits per heavy atom. The van der Waals surface area contributed by atoms with Gasteiger partial charge < -0.3 is 10.1 Å². The van der Waals surface area contributed by atoms with Gasteiger partial charge in [-0.2, -0.15) is 0 Å². The second-order valence-corrected chi connectivity index (χ2v) is 10.5. The molecule has 0 aliphatic heterocycles. The number of aryl methyl sites for hydroxylation is 2. The van der Waals surface area contributed by atoms with Gasteiger partial charge in [0, 0.05) is 28.4 Å². The van der Waals surface area contributed by atoms with E-state index in [0.29, 0.717) is 40.4 Å². The number of aromatic nitrogens is 2. The highest BCUT2D eigenvalue weighted by Gasteiger charge is 2.30. The summed E-state index contributed by atoms with van der Waals surface area (Å²) < 4.78 is 5.34. The molecule has 34 heavy (non-hydrogen) atoms. The van der Waals surface area contributed by atoms with E-state index < -0.39 is 0 Å². The summed E-state index contributed by atoms with van der Waals surface area (Å²) in [4.78, 5) is 35.5. The number of ether oxygens (including phenoxy) is 1. The molecule has 2 heterocycles. The van der Waals surface area contributed by atoms with Crippen molar-refractivity contribution < 1.29 is 14.3 Å². The summed E-state index contributed by atoms with van der Waals surface area (Å²) >= 11 is 2.97. The summed E-state index contributed by atoms with van der Waals surface area (Å²) in [6, 6.07) is 12.4. The zero-order valence-electron chi connectivity index (χ0n) is 19.7. The van der Waals surface area contributed by atoms with Crippen LogP contribution in [0.3, 0.4) is 0 Å². The first-order valence-corrected chi connectivity index (χ1v) is 13.4. The van der Waals surface area contributed by atoms with Crippen molar-refractivity contribution in [1.82, 2.24) is 9.97 Å². The number of thioether (sulfide) groups is 1. The van der Waals surface area contributed by atoms with E-state index in [0.717, 1.165) is 41.1 Å². The van der Waals surface area contributed by atoms with Gasteiger partial charge in [-0.1, -0.05) is 42.1 Å². The molecule has 8 heteroatoms. The predicted octanol–water partition coefficient (Wildman–Crippen LogP) is 5.73. The van der Waals surface area contributed by atoms with Crippen molar-refractivity contribution in [1.29, 1.82) is 0 Å². The standard InChI is InChI=1S/C26H29N3O3S2/c1-4-32-25(31)23-20-11-10-19(18-8-6-5-7-9-18)15-21(20)34-24(23)29-22(30)12-13-33-26-27-16(2)14-17(3)28-26/h5-9,14,19H,4,10-13,15H2,1-3H3,(H,29,30). The van der Waals surface area contributed by atoms with Crippen molar-refractivity contribution in [3.8, 4) is 0 Å². The van der Waals surface area contributed by atoms with Crippen molar-refractivity contribution in [2.75, 3.05) is 17.7 Å². The van der Waals surface area contributed by atoms with Crippen LogP contribution in [-0.4, -0.2) is 34.2 Å². The molecule has 1 aliphatic rings. The highest BCUT2D eigenvalue weighted by molar-refractivity contribution is 7.99. The van der Waals surface area contributed by atoms with Crippen LogP contribution >= 0.6 is 23.1 Å². The quantitative estimate of drug-likeness (QED) is 0.244. The topological polar surface area (TPSA) is 81.2 Å². The highest BCUT2D eigenvalue weighted by atomic mass is 32.2. The number of hydrogen-bond donors (Lipinski definition) is 1. The second kappa shape index (κ2) is 11.1. The molecule has 0 fully saturated rings. The van der Waals surface area contributed by atoms with Crippen molar-refractivity contribution in [2.45, 2.75) is 57.5 Å². The maximum Gasteiger partial charge on any atom is 0.341 e. The zero-order valence-corrected chi connectivity index (χ0v) is 21.4. The zero-order chi connectivity index (χ0) is 24.1. The summed E-state index contributed by atoms with van der Waals surface area (Å²) in [5.41, 5.74) is 4.71. The number of anilines is 1. The highest BCUT2D eigenvalue weighted by Crippen LogP contribution is 2.42. The number of esters is 1. The molecule has 3 aromatic rings. The normalized spacial score (nSPS) is 15.0. The van der Waals surface area contributed by atoms with Crippen LogP contribution in [-0.2, 0) is 22.4 Å². The predicted molar refractivity (Wildman–Crippen MR) is 137 cm³/mol. The minimum absolute atomic E-state index is 0.124. The summed E-state index contributed by atoms with van der Waals surface area (Å²) in [7, 11) is 0. The molecule has 1 aliphatic carbocycles. The Hall–Kier alpha value is -2.71. The van der Waals surface area contributed by atoms with Crippen LogP contribution in [0.5, 0.6) is 0 Å². The van der Waals surface area contributed by atoms with Crippen molar-refractivity contribution in [2.24, 2.45) is 0 Å². The number of carbonyl (C=O) groups excluding carboxylic acids is 2. The molecule has 1 unspecified atom stereocenters. The number of fused-ring (bicyclic) bond motifs is 1. The molecule has 0 spiro atoms. The molecule has 0 radical (unpaired) electrons. The summed E-state index contributed by atoms with van der Waals surface area (Å²) in [5, 5.41) is 4.28. The van der Waals surface area contributed by atoms with Gasteiger partial charge in [0.25, 0.3) is 0 Å². The fourth-order valence-corrected chi connectivity index (χ4v) is 6.50. The summed E-state index contributed by atoms with van der Waals surface area (Å²) in [6.07, 6.45) is 2.94. The fraction of sp³-hybridized carbons (Fsp3) is 0.385. The first-order valence-electron chi connectivity index (χ1n) is 11.6. The Balaban J connectivity index is 1.46. The monoisotopic (exact) mass is 495 g/mol. The molecule has 0 saturated heterocycles. The summed E-state index contributed by atoms with van der Waals surface area (Å²) in [5.74, 6) is 0.497. The maximum atomic E-state index is 12.8. The third-order valence-corrected chi connectivity index (χ3v) is 7.81. The molecular formula is C26H29N3O3S2. The molecule has 178 valence electrons. The van der Waals surface area contributed by atoms with Crippen LogP contribution in [0.1, 0.15) is 63.4 Å². The number of benzene rings is 1. The lowest BCUT2D eigenvalue weighted by Crippen LogP contribution is -2.17. The Kier molecular flexibility index (Phi) is 8.00. The number of rotatable bonds is 8. The minimum atomic E-state index is -0.355.